The molecule has 1 atom stereocenters. The lowest BCUT2D eigenvalue weighted by atomic mass is 10.1. The summed E-state index contributed by atoms with van der Waals surface area (Å²) in [5.74, 6) is 1.34. The molecule has 3 nitrogen and oxygen atoms in total. The Morgan fingerprint density at radius 1 is 1.70 bits per heavy atom. The van der Waals surface area contributed by atoms with Crippen molar-refractivity contribution in [2.75, 3.05) is 0 Å². The standard InChI is InChI=1S/C7H10O3/c1-2-3-6(8)4-5-7(9)10/h1,6,8H,3-5H2,(H,9,10). The van der Waals surface area contributed by atoms with Gasteiger partial charge >= 0.3 is 5.97 Å². The molecule has 0 rings (SSSR count). The smallest absolute Gasteiger partial charge is 0.303 e. The molecule has 0 heterocycles. The number of aliphatic carboxylic acids is 1. The highest BCUT2D eigenvalue weighted by atomic mass is 16.4. The Bertz CT molecular complexity index is 145. The van der Waals surface area contributed by atoms with Crippen LogP contribution < -0.4 is 0 Å². The predicted molar refractivity (Wildman–Crippen MR) is 36.3 cm³/mol. The number of carbonyl (C=O) groups is 1. The highest BCUT2D eigenvalue weighted by Gasteiger charge is 2.04. The zero-order valence-electron chi connectivity index (χ0n) is 5.58. The Labute approximate surface area is 59.7 Å². The number of aliphatic hydroxyl groups is 1. The molecule has 0 aliphatic rings. The van der Waals surface area contributed by atoms with E-state index in [1.165, 1.54) is 0 Å². The Hall–Kier alpha value is -1.01. The van der Waals surface area contributed by atoms with Gasteiger partial charge in [0.25, 0.3) is 0 Å². The summed E-state index contributed by atoms with van der Waals surface area (Å²) in [4.78, 5) is 9.95. The van der Waals surface area contributed by atoms with E-state index in [1.54, 1.807) is 0 Å². The minimum absolute atomic E-state index is 0.0250. The summed E-state index contributed by atoms with van der Waals surface area (Å²) in [6.07, 6.45) is 4.65. The Morgan fingerprint density at radius 2 is 2.30 bits per heavy atom. The van der Waals surface area contributed by atoms with Crippen LogP contribution in [0, 0.1) is 12.3 Å². The van der Waals surface area contributed by atoms with Gasteiger partial charge in [-0.15, -0.1) is 12.3 Å². The maximum Gasteiger partial charge on any atom is 0.303 e. The fourth-order valence-electron chi connectivity index (χ4n) is 0.528. The molecule has 0 aliphatic carbocycles. The first-order valence-electron chi connectivity index (χ1n) is 3.00. The molecule has 0 saturated heterocycles. The molecule has 0 spiro atoms. The van der Waals surface area contributed by atoms with Crippen molar-refractivity contribution in [2.45, 2.75) is 25.4 Å². The molecule has 1 unspecified atom stereocenters. The minimum atomic E-state index is -0.906. The topological polar surface area (TPSA) is 57.5 Å². The number of hydrogen-bond acceptors (Lipinski definition) is 2. The van der Waals surface area contributed by atoms with Crippen LogP contribution in [0.5, 0.6) is 0 Å². The molecule has 10 heavy (non-hydrogen) atoms. The molecule has 0 aliphatic heterocycles. The van der Waals surface area contributed by atoms with E-state index in [2.05, 4.69) is 5.92 Å². The summed E-state index contributed by atoms with van der Waals surface area (Å²) < 4.78 is 0. The second kappa shape index (κ2) is 4.83. The highest BCUT2D eigenvalue weighted by molar-refractivity contribution is 5.66. The van der Waals surface area contributed by atoms with Crippen molar-refractivity contribution in [2.24, 2.45) is 0 Å². The van der Waals surface area contributed by atoms with Crippen LogP contribution in [0.3, 0.4) is 0 Å². The molecular weight excluding hydrogens is 132 g/mol. The van der Waals surface area contributed by atoms with Gasteiger partial charge < -0.3 is 10.2 Å². The van der Waals surface area contributed by atoms with E-state index >= 15 is 0 Å². The van der Waals surface area contributed by atoms with Gasteiger partial charge in [0.2, 0.25) is 0 Å². The van der Waals surface area contributed by atoms with Crippen molar-refractivity contribution in [1.82, 2.24) is 0 Å². The van der Waals surface area contributed by atoms with Crippen LogP contribution in [-0.4, -0.2) is 22.3 Å². The second-order valence-corrected chi connectivity index (χ2v) is 1.99. The average Bonchev–Trinajstić information content (AvgIpc) is 1.85. The van der Waals surface area contributed by atoms with Crippen molar-refractivity contribution in [3.63, 3.8) is 0 Å². The monoisotopic (exact) mass is 142 g/mol. The van der Waals surface area contributed by atoms with Crippen LogP contribution in [0.25, 0.3) is 0 Å². The van der Waals surface area contributed by atoms with E-state index in [-0.39, 0.29) is 19.3 Å². The SMILES string of the molecule is C#CCC(O)CCC(=O)O. The van der Waals surface area contributed by atoms with Gasteiger partial charge in [-0.1, -0.05) is 0 Å². The summed E-state index contributed by atoms with van der Waals surface area (Å²) in [7, 11) is 0. The number of carboxylic acid groups (broad SMARTS) is 1. The van der Waals surface area contributed by atoms with Gasteiger partial charge in [0, 0.05) is 12.8 Å². The Kier molecular flexibility index (Phi) is 4.34. The van der Waals surface area contributed by atoms with E-state index in [0.29, 0.717) is 0 Å². The molecule has 56 valence electrons. The molecule has 0 amide bonds. The molecule has 0 aromatic carbocycles. The maximum absolute atomic E-state index is 9.95. The fourth-order valence-corrected chi connectivity index (χ4v) is 0.528. The minimum Gasteiger partial charge on any atom is -0.481 e. The lowest BCUT2D eigenvalue weighted by Gasteiger charge is -2.02. The van der Waals surface area contributed by atoms with Crippen molar-refractivity contribution in [3.8, 4) is 12.3 Å². The quantitative estimate of drug-likeness (QED) is 0.552. The lowest BCUT2D eigenvalue weighted by molar-refractivity contribution is -0.137. The van der Waals surface area contributed by atoms with Gasteiger partial charge in [0.15, 0.2) is 0 Å². The van der Waals surface area contributed by atoms with E-state index in [0.717, 1.165) is 0 Å². The summed E-state index contributed by atoms with van der Waals surface area (Å²) in [6, 6.07) is 0. The van der Waals surface area contributed by atoms with Gasteiger partial charge in [-0.25, -0.2) is 0 Å². The van der Waals surface area contributed by atoms with Crippen LogP contribution in [-0.2, 0) is 4.79 Å². The molecule has 0 saturated carbocycles. The third kappa shape index (κ3) is 5.13. The molecule has 0 radical (unpaired) electrons. The van der Waals surface area contributed by atoms with Crippen LogP contribution in [0.1, 0.15) is 19.3 Å². The van der Waals surface area contributed by atoms with Crippen molar-refractivity contribution < 1.29 is 15.0 Å². The van der Waals surface area contributed by atoms with Crippen molar-refractivity contribution >= 4 is 5.97 Å². The number of hydrogen-bond donors (Lipinski definition) is 2. The van der Waals surface area contributed by atoms with Crippen molar-refractivity contribution in [1.29, 1.82) is 0 Å². The summed E-state index contributed by atoms with van der Waals surface area (Å²) in [5, 5.41) is 17.1. The molecular formula is C7H10O3. The highest BCUT2D eigenvalue weighted by Crippen LogP contribution is 1.99. The molecule has 0 fully saturated rings. The molecule has 2 N–H and O–H groups in total. The van der Waals surface area contributed by atoms with Crippen LogP contribution in [0.15, 0.2) is 0 Å². The van der Waals surface area contributed by atoms with Crippen molar-refractivity contribution in [3.05, 3.63) is 0 Å². The Morgan fingerprint density at radius 3 is 2.70 bits per heavy atom. The fraction of sp³-hybridized carbons (Fsp3) is 0.571. The number of carboxylic acids is 1. The van der Waals surface area contributed by atoms with Crippen LogP contribution in [0.4, 0.5) is 0 Å². The second-order valence-electron chi connectivity index (χ2n) is 1.99. The normalized spacial score (nSPS) is 12.0. The van der Waals surface area contributed by atoms with Gasteiger partial charge in [0.1, 0.15) is 0 Å². The van der Waals surface area contributed by atoms with Crippen LogP contribution >= 0.6 is 0 Å². The average molecular weight is 142 g/mol. The first kappa shape index (κ1) is 8.99. The number of aliphatic hydroxyl groups excluding tert-OH is 1. The number of terminal acetylenes is 1. The van der Waals surface area contributed by atoms with E-state index in [4.69, 9.17) is 16.6 Å². The largest absolute Gasteiger partial charge is 0.481 e. The van der Waals surface area contributed by atoms with E-state index in [9.17, 15) is 4.79 Å². The molecule has 0 aromatic rings. The lowest BCUT2D eigenvalue weighted by Crippen LogP contribution is -2.07. The zero-order chi connectivity index (χ0) is 7.98. The molecule has 3 heteroatoms. The summed E-state index contributed by atoms with van der Waals surface area (Å²) in [6.45, 7) is 0. The van der Waals surface area contributed by atoms with E-state index in [1.807, 2.05) is 0 Å². The third-order valence-corrected chi connectivity index (χ3v) is 1.04. The zero-order valence-corrected chi connectivity index (χ0v) is 5.58. The van der Waals surface area contributed by atoms with Gasteiger partial charge in [-0.2, -0.15) is 0 Å². The maximum atomic E-state index is 9.95. The molecule has 0 aromatic heterocycles. The number of rotatable bonds is 4. The molecule has 0 bridgehead atoms. The first-order valence-corrected chi connectivity index (χ1v) is 3.00. The van der Waals surface area contributed by atoms with Gasteiger partial charge in [-0.3, -0.25) is 4.79 Å². The van der Waals surface area contributed by atoms with E-state index < -0.39 is 12.1 Å². The summed E-state index contributed by atoms with van der Waals surface area (Å²) >= 11 is 0. The predicted octanol–water partition coefficient (Wildman–Crippen LogP) is 0.235. The van der Waals surface area contributed by atoms with Gasteiger partial charge in [0.05, 0.1) is 6.10 Å². The summed E-state index contributed by atoms with van der Waals surface area (Å²) in [5.41, 5.74) is 0. The Balaban J connectivity index is 3.32. The van der Waals surface area contributed by atoms with Gasteiger partial charge in [-0.05, 0) is 6.42 Å². The first-order chi connectivity index (χ1) is 4.66. The third-order valence-electron chi connectivity index (χ3n) is 1.04. The van der Waals surface area contributed by atoms with Crippen LogP contribution in [0.2, 0.25) is 0 Å².